The molecule has 0 radical (unpaired) electrons. The van der Waals surface area contributed by atoms with E-state index in [2.05, 4.69) is 20.4 Å². The van der Waals surface area contributed by atoms with Crippen molar-refractivity contribution in [1.82, 2.24) is 20.0 Å². The molecule has 3 heterocycles. The lowest BCUT2D eigenvalue weighted by molar-refractivity contribution is 0.0716. The lowest BCUT2D eigenvalue weighted by atomic mass is 10.0. The number of aryl methyl sites for hydroxylation is 1. The highest BCUT2D eigenvalue weighted by molar-refractivity contribution is 5.94. The Morgan fingerprint density at radius 3 is 2.86 bits per heavy atom. The molecule has 1 aliphatic rings. The molecular formula is C14H17N5O2. The number of hydrogen-bond acceptors (Lipinski definition) is 6. The van der Waals surface area contributed by atoms with E-state index in [1.807, 2.05) is 11.0 Å². The van der Waals surface area contributed by atoms with Gasteiger partial charge >= 0.3 is 0 Å². The smallest absolute Gasteiger partial charge is 0.259 e. The topological polar surface area (TPSA) is 84.2 Å². The molecule has 7 nitrogen and oxygen atoms in total. The maximum Gasteiger partial charge on any atom is 0.259 e. The number of carbonyl (C=O) groups excluding carboxylic acids is 1. The third-order valence-electron chi connectivity index (χ3n) is 3.70. The van der Waals surface area contributed by atoms with E-state index in [0.29, 0.717) is 30.5 Å². The minimum atomic E-state index is -0.00534. The second-order valence-electron chi connectivity index (χ2n) is 5.10. The van der Waals surface area contributed by atoms with Crippen molar-refractivity contribution in [3.05, 3.63) is 36.1 Å². The Morgan fingerprint density at radius 2 is 2.24 bits per heavy atom. The highest BCUT2D eigenvalue weighted by Gasteiger charge is 2.25. The molecule has 0 saturated carbocycles. The summed E-state index contributed by atoms with van der Waals surface area (Å²) in [4.78, 5) is 22.2. The van der Waals surface area contributed by atoms with Crippen molar-refractivity contribution in [2.45, 2.75) is 25.8 Å². The van der Waals surface area contributed by atoms with Gasteiger partial charge in [-0.3, -0.25) is 4.79 Å². The van der Waals surface area contributed by atoms with Crippen LogP contribution in [0.4, 0.5) is 5.82 Å². The number of aromatic nitrogens is 3. The van der Waals surface area contributed by atoms with Crippen molar-refractivity contribution in [2.24, 2.45) is 0 Å². The molecule has 1 N–H and O–H groups in total. The quantitative estimate of drug-likeness (QED) is 0.920. The van der Waals surface area contributed by atoms with Gasteiger partial charge in [0.1, 0.15) is 23.5 Å². The maximum absolute atomic E-state index is 12.3. The van der Waals surface area contributed by atoms with Crippen molar-refractivity contribution in [3.63, 3.8) is 0 Å². The number of piperidine rings is 1. The zero-order valence-electron chi connectivity index (χ0n) is 11.8. The van der Waals surface area contributed by atoms with Gasteiger partial charge in [-0.25, -0.2) is 9.97 Å². The zero-order valence-corrected chi connectivity index (χ0v) is 11.8. The zero-order chi connectivity index (χ0) is 14.7. The van der Waals surface area contributed by atoms with Gasteiger partial charge in [0, 0.05) is 25.3 Å². The molecule has 2 aromatic heterocycles. The van der Waals surface area contributed by atoms with E-state index < -0.39 is 0 Å². The fourth-order valence-electron chi connectivity index (χ4n) is 2.49. The fraction of sp³-hybridized carbons (Fsp3) is 0.429. The summed E-state index contributed by atoms with van der Waals surface area (Å²) in [5, 5.41) is 7.03. The first-order chi connectivity index (χ1) is 10.2. The summed E-state index contributed by atoms with van der Waals surface area (Å²) in [7, 11) is 0. The number of carbonyl (C=O) groups is 1. The predicted molar refractivity (Wildman–Crippen MR) is 75.8 cm³/mol. The van der Waals surface area contributed by atoms with Crippen LogP contribution in [0.25, 0.3) is 0 Å². The summed E-state index contributed by atoms with van der Waals surface area (Å²) >= 11 is 0. The Hall–Kier alpha value is -2.44. The molecule has 110 valence electrons. The molecule has 1 amide bonds. The lowest BCUT2D eigenvalue weighted by Gasteiger charge is -2.32. The molecule has 1 aliphatic heterocycles. The van der Waals surface area contributed by atoms with Gasteiger partial charge in [0.25, 0.3) is 5.91 Å². The number of nitrogens with zero attached hydrogens (tertiary/aromatic N) is 4. The van der Waals surface area contributed by atoms with E-state index in [9.17, 15) is 4.79 Å². The average molecular weight is 287 g/mol. The second-order valence-corrected chi connectivity index (χ2v) is 5.10. The van der Waals surface area contributed by atoms with Crippen LogP contribution in [0, 0.1) is 6.92 Å². The first-order valence-corrected chi connectivity index (χ1v) is 6.97. The van der Waals surface area contributed by atoms with Crippen LogP contribution in [-0.4, -0.2) is 45.1 Å². The van der Waals surface area contributed by atoms with Crippen molar-refractivity contribution in [2.75, 3.05) is 18.4 Å². The lowest BCUT2D eigenvalue weighted by Crippen LogP contribution is -2.42. The second kappa shape index (κ2) is 5.90. The molecule has 0 atom stereocenters. The number of hydrogen-bond donors (Lipinski definition) is 1. The number of nitrogens with one attached hydrogen (secondary N) is 1. The fourth-order valence-corrected chi connectivity index (χ4v) is 2.49. The van der Waals surface area contributed by atoms with Crippen LogP contribution in [-0.2, 0) is 0 Å². The van der Waals surface area contributed by atoms with Gasteiger partial charge in [0.15, 0.2) is 0 Å². The van der Waals surface area contributed by atoms with Crippen LogP contribution >= 0.6 is 0 Å². The highest BCUT2D eigenvalue weighted by Crippen LogP contribution is 2.18. The molecule has 0 aromatic carbocycles. The number of amides is 1. The van der Waals surface area contributed by atoms with Gasteiger partial charge in [0.05, 0.1) is 6.20 Å². The van der Waals surface area contributed by atoms with Gasteiger partial charge in [-0.2, -0.15) is 0 Å². The van der Waals surface area contributed by atoms with Crippen molar-refractivity contribution >= 4 is 11.7 Å². The van der Waals surface area contributed by atoms with Crippen LogP contribution in [0.2, 0.25) is 0 Å². The molecule has 1 fully saturated rings. The molecule has 2 aromatic rings. The highest BCUT2D eigenvalue weighted by atomic mass is 16.5. The average Bonchev–Trinajstić information content (AvgIpc) is 2.94. The van der Waals surface area contributed by atoms with Crippen LogP contribution < -0.4 is 5.32 Å². The summed E-state index contributed by atoms with van der Waals surface area (Å²) in [5.74, 6) is 1.39. The summed E-state index contributed by atoms with van der Waals surface area (Å²) in [5.41, 5.74) is 0.553. The Balaban J connectivity index is 1.56. The van der Waals surface area contributed by atoms with Crippen molar-refractivity contribution < 1.29 is 9.32 Å². The Bertz CT molecular complexity index is 605. The van der Waals surface area contributed by atoms with Crippen molar-refractivity contribution in [3.8, 4) is 0 Å². The van der Waals surface area contributed by atoms with E-state index >= 15 is 0 Å². The van der Waals surface area contributed by atoms with Crippen molar-refractivity contribution in [1.29, 1.82) is 0 Å². The van der Waals surface area contributed by atoms with Crippen LogP contribution in [0.1, 0.15) is 29.0 Å². The normalized spacial score (nSPS) is 16.0. The Kier molecular flexibility index (Phi) is 3.81. The van der Waals surface area contributed by atoms with E-state index in [4.69, 9.17) is 4.52 Å². The first-order valence-electron chi connectivity index (χ1n) is 6.97. The van der Waals surface area contributed by atoms with E-state index in [1.54, 1.807) is 13.1 Å². The number of anilines is 1. The first kappa shape index (κ1) is 13.5. The van der Waals surface area contributed by atoms with Gasteiger partial charge in [0.2, 0.25) is 0 Å². The monoisotopic (exact) mass is 287 g/mol. The third-order valence-corrected chi connectivity index (χ3v) is 3.70. The van der Waals surface area contributed by atoms with Gasteiger partial charge < -0.3 is 14.7 Å². The van der Waals surface area contributed by atoms with E-state index in [0.717, 1.165) is 18.7 Å². The molecule has 0 spiro atoms. The molecule has 3 rings (SSSR count). The summed E-state index contributed by atoms with van der Waals surface area (Å²) < 4.78 is 4.95. The molecule has 0 unspecified atom stereocenters. The summed E-state index contributed by atoms with van der Waals surface area (Å²) in [6, 6.07) is 2.17. The number of rotatable bonds is 3. The van der Waals surface area contributed by atoms with Gasteiger partial charge in [-0.05, 0) is 25.8 Å². The van der Waals surface area contributed by atoms with Gasteiger partial charge in [-0.15, -0.1) is 0 Å². The third kappa shape index (κ3) is 3.01. The molecule has 7 heteroatoms. The number of likely N-dealkylation sites (tertiary alicyclic amines) is 1. The minimum Gasteiger partial charge on any atom is -0.367 e. The SMILES string of the molecule is Cc1oncc1C(=O)N1CCC(Nc2ccncn2)CC1. The standard InChI is InChI=1S/C14H17N5O2/c1-10-12(8-17-21-10)14(20)19-6-3-11(4-7-19)18-13-2-5-15-9-16-13/h2,5,8-9,11H,3-4,6-7H2,1H3,(H,15,16,18). The van der Waals surface area contributed by atoms with Gasteiger partial charge in [-0.1, -0.05) is 5.16 Å². The molecule has 0 aliphatic carbocycles. The largest absolute Gasteiger partial charge is 0.367 e. The predicted octanol–water partition coefficient (Wildman–Crippen LogP) is 1.49. The van der Waals surface area contributed by atoms with Crippen LogP contribution in [0.3, 0.4) is 0 Å². The molecule has 21 heavy (non-hydrogen) atoms. The Morgan fingerprint density at radius 1 is 1.43 bits per heavy atom. The van der Waals surface area contributed by atoms with Crippen LogP contribution in [0.15, 0.2) is 29.3 Å². The van der Waals surface area contributed by atoms with E-state index in [1.165, 1.54) is 12.5 Å². The Labute approximate surface area is 122 Å². The van der Waals surface area contributed by atoms with Crippen LogP contribution in [0.5, 0.6) is 0 Å². The maximum atomic E-state index is 12.3. The van der Waals surface area contributed by atoms with E-state index in [-0.39, 0.29) is 5.91 Å². The summed E-state index contributed by atoms with van der Waals surface area (Å²) in [6.45, 7) is 3.18. The summed E-state index contributed by atoms with van der Waals surface area (Å²) in [6.07, 6.45) is 6.50. The minimum absolute atomic E-state index is 0.00534. The molecule has 1 saturated heterocycles. The molecule has 0 bridgehead atoms. The molecular weight excluding hydrogens is 270 g/mol.